The zero-order chi connectivity index (χ0) is 15.4. The molecule has 0 aliphatic heterocycles. The van der Waals surface area contributed by atoms with E-state index in [1.165, 1.54) is 5.56 Å². The highest BCUT2D eigenvalue weighted by Gasteiger charge is 2.16. The van der Waals surface area contributed by atoms with Crippen LogP contribution < -0.4 is 5.32 Å². The monoisotopic (exact) mass is 285 g/mol. The van der Waals surface area contributed by atoms with Crippen molar-refractivity contribution < 1.29 is 4.79 Å². The number of carbonyl (C=O) groups is 1. The number of nitrogens with zero attached hydrogens (tertiary/aromatic N) is 2. The predicted octanol–water partition coefficient (Wildman–Crippen LogP) is 3.42. The molecule has 1 aromatic carbocycles. The number of aryl methyl sites for hydroxylation is 1. The lowest BCUT2D eigenvalue weighted by atomic mass is 9.98. The van der Waals surface area contributed by atoms with Crippen molar-refractivity contribution >= 4 is 5.91 Å². The number of hydrogen-bond donors (Lipinski definition) is 1. The van der Waals surface area contributed by atoms with E-state index in [0.717, 1.165) is 12.0 Å². The first kappa shape index (κ1) is 15.3. The summed E-state index contributed by atoms with van der Waals surface area (Å²) in [5.74, 6) is 0.429. The van der Waals surface area contributed by atoms with Crippen molar-refractivity contribution in [3.05, 3.63) is 53.3 Å². The second kappa shape index (κ2) is 6.57. The van der Waals surface area contributed by atoms with Crippen molar-refractivity contribution in [3.63, 3.8) is 0 Å². The SMILES string of the molecule is CCC(NC(=O)c1ccnn1C)c1ccc(C(C)C)cc1. The van der Waals surface area contributed by atoms with E-state index in [1.54, 1.807) is 24.0 Å². The molecule has 2 aromatic rings. The molecule has 1 amide bonds. The van der Waals surface area contributed by atoms with E-state index in [4.69, 9.17) is 0 Å². The van der Waals surface area contributed by atoms with Crippen molar-refractivity contribution in [2.45, 2.75) is 39.2 Å². The molecule has 4 heteroatoms. The molecule has 1 atom stereocenters. The third-order valence-electron chi connectivity index (χ3n) is 3.77. The minimum atomic E-state index is -0.0882. The number of aromatic nitrogens is 2. The molecular formula is C17H23N3O. The van der Waals surface area contributed by atoms with Crippen molar-refractivity contribution in [2.75, 3.05) is 0 Å². The molecule has 2 rings (SSSR count). The Hall–Kier alpha value is -2.10. The Morgan fingerprint density at radius 3 is 2.29 bits per heavy atom. The molecule has 0 spiro atoms. The summed E-state index contributed by atoms with van der Waals surface area (Å²) in [6, 6.07) is 10.2. The second-order valence-corrected chi connectivity index (χ2v) is 5.60. The summed E-state index contributed by atoms with van der Waals surface area (Å²) in [4.78, 5) is 12.3. The van der Waals surface area contributed by atoms with E-state index >= 15 is 0 Å². The van der Waals surface area contributed by atoms with Gasteiger partial charge >= 0.3 is 0 Å². The molecular weight excluding hydrogens is 262 g/mol. The fraction of sp³-hybridized carbons (Fsp3) is 0.412. The highest BCUT2D eigenvalue weighted by atomic mass is 16.2. The van der Waals surface area contributed by atoms with E-state index in [-0.39, 0.29) is 11.9 Å². The van der Waals surface area contributed by atoms with Gasteiger partial charge in [0, 0.05) is 13.2 Å². The van der Waals surface area contributed by atoms with Gasteiger partial charge in [0.2, 0.25) is 0 Å². The number of benzene rings is 1. The average Bonchev–Trinajstić information content (AvgIpc) is 2.91. The maximum Gasteiger partial charge on any atom is 0.270 e. The van der Waals surface area contributed by atoms with Gasteiger partial charge < -0.3 is 5.32 Å². The highest BCUT2D eigenvalue weighted by Crippen LogP contribution is 2.21. The predicted molar refractivity (Wildman–Crippen MR) is 84.2 cm³/mol. The number of hydrogen-bond acceptors (Lipinski definition) is 2. The molecule has 1 unspecified atom stereocenters. The Balaban J connectivity index is 2.13. The maximum absolute atomic E-state index is 12.3. The lowest BCUT2D eigenvalue weighted by Gasteiger charge is -2.18. The fourth-order valence-electron chi connectivity index (χ4n) is 2.36. The van der Waals surface area contributed by atoms with Gasteiger partial charge in [-0.1, -0.05) is 45.0 Å². The van der Waals surface area contributed by atoms with Crippen molar-refractivity contribution in [1.82, 2.24) is 15.1 Å². The van der Waals surface area contributed by atoms with E-state index in [2.05, 4.69) is 55.5 Å². The van der Waals surface area contributed by atoms with Crippen LogP contribution in [-0.4, -0.2) is 15.7 Å². The van der Waals surface area contributed by atoms with Crippen LogP contribution in [0.15, 0.2) is 36.5 Å². The second-order valence-electron chi connectivity index (χ2n) is 5.60. The van der Waals surface area contributed by atoms with Gasteiger partial charge in [-0.15, -0.1) is 0 Å². The maximum atomic E-state index is 12.3. The van der Waals surface area contributed by atoms with Crippen LogP contribution in [0.5, 0.6) is 0 Å². The fourth-order valence-corrected chi connectivity index (χ4v) is 2.36. The van der Waals surface area contributed by atoms with Gasteiger partial charge in [0.15, 0.2) is 0 Å². The highest BCUT2D eigenvalue weighted by molar-refractivity contribution is 5.92. The molecule has 4 nitrogen and oxygen atoms in total. The Labute approximate surface area is 126 Å². The average molecular weight is 285 g/mol. The molecule has 0 radical (unpaired) electrons. The lowest BCUT2D eigenvalue weighted by molar-refractivity contribution is 0.0926. The summed E-state index contributed by atoms with van der Waals surface area (Å²) < 4.78 is 1.59. The summed E-state index contributed by atoms with van der Waals surface area (Å²) >= 11 is 0. The topological polar surface area (TPSA) is 46.9 Å². The first-order valence-electron chi connectivity index (χ1n) is 7.41. The Bertz CT molecular complexity index is 599. The summed E-state index contributed by atoms with van der Waals surface area (Å²) in [5, 5.41) is 7.11. The standard InChI is InChI=1S/C17H23N3O/c1-5-15(14-8-6-13(7-9-14)12(2)3)19-17(21)16-10-11-18-20(16)4/h6-12,15H,5H2,1-4H3,(H,19,21). The van der Waals surface area contributed by atoms with Crippen LogP contribution in [0.4, 0.5) is 0 Å². The van der Waals surface area contributed by atoms with Crippen LogP contribution >= 0.6 is 0 Å². The quantitative estimate of drug-likeness (QED) is 0.915. The van der Waals surface area contributed by atoms with Crippen LogP contribution in [-0.2, 0) is 7.05 Å². The van der Waals surface area contributed by atoms with E-state index in [1.807, 2.05) is 0 Å². The number of amides is 1. The molecule has 0 bridgehead atoms. The minimum Gasteiger partial charge on any atom is -0.344 e. The van der Waals surface area contributed by atoms with Crippen LogP contribution in [0.1, 0.15) is 60.8 Å². The molecule has 112 valence electrons. The molecule has 1 heterocycles. The van der Waals surface area contributed by atoms with E-state index in [9.17, 15) is 4.79 Å². The zero-order valence-corrected chi connectivity index (χ0v) is 13.1. The zero-order valence-electron chi connectivity index (χ0n) is 13.1. The molecule has 1 aromatic heterocycles. The van der Waals surface area contributed by atoms with Crippen LogP contribution in [0.3, 0.4) is 0 Å². The molecule has 0 saturated heterocycles. The smallest absolute Gasteiger partial charge is 0.270 e. The summed E-state index contributed by atoms with van der Waals surface area (Å²) in [6.07, 6.45) is 2.48. The Morgan fingerprint density at radius 1 is 1.19 bits per heavy atom. The number of rotatable bonds is 5. The van der Waals surface area contributed by atoms with Gasteiger partial charge in [0.05, 0.1) is 6.04 Å². The first-order valence-corrected chi connectivity index (χ1v) is 7.41. The molecule has 1 N–H and O–H groups in total. The van der Waals surface area contributed by atoms with Crippen molar-refractivity contribution in [3.8, 4) is 0 Å². The minimum absolute atomic E-state index is 0.0219. The van der Waals surface area contributed by atoms with Crippen LogP contribution in [0.2, 0.25) is 0 Å². The molecule has 21 heavy (non-hydrogen) atoms. The van der Waals surface area contributed by atoms with Gasteiger partial charge in [-0.3, -0.25) is 9.48 Å². The van der Waals surface area contributed by atoms with Gasteiger partial charge in [-0.05, 0) is 29.5 Å². The lowest BCUT2D eigenvalue weighted by Crippen LogP contribution is -2.29. The van der Waals surface area contributed by atoms with Crippen LogP contribution in [0, 0.1) is 0 Å². The third kappa shape index (κ3) is 3.51. The van der Waals surface area contributed by atoms with Gasteiger partial charge in [-0.25, -0.2) is 0 Å². The van der Waals surface area contributed by atoms with Gasteiger partial charge in [-0.2, -0.15) is 5.10 Å². The number of carbonyl (C=O) groups excluding carboxylic acids is 1. The largest absolute Gasteiger partial charge is 0.344 e. The van der Waals surface area contributed by atoms with Gasteiger partial charge in [0.1, 0.15) is 5.69 Å². The molecule has 0 fully saturated rings. The van der Waals surface area contributed by atoms with E-state index < -0.39 is 0 Å². The molecule has 0 saturated carbocycles. The summed E-state index contributed by atoms with van der Waals surface area (Å²) in [5.41, 5.74) is 3.02. The third-order valence-corrected chi connectivity index (χ3v) is 3.77. The Kier molecular flexibility index (Phi) is 4.78. The molecule has 0 aliphatic rings. The van der Waals surface area contributed by atoms with Crippen LogP contribution in [0.25, 0.3) is 0 Å². The van der Waals surface area contributed by atoms with Crippen molar-refractivity contribution in [2.24, 2.45) is 7.05 Å². The first-order chi connectivity index (χ1) is 10.0. The normalized spacial score (nSPS) is 12.4. The van der Waals surface area contributed by atoms with E-state index in [0.29, 0.717) is 11.6 Å². The summed E-state index contributed by atoms with van der Waals surface area (Å²) in [7, 11) is 1.77. The van der Waals surface area contributed by atoms with Crippen molar-refractivity contribution in [1.29, 1.82) is 0 Å². The molecule has 0 aliphatic carbocycles. The Morgan fingerprint density at radius 2 is 1.81 bits per heavy atom. The summed E-state index contributed by atoms with van der Waals surface area (Å²) in [6.45, 7) is 6.43. The number of nitrogens with one attached hydrogen (secondary N) is 1. The van der Waals surface area contributed by atoms with Gasteiger partial charge in [0.25, 0.3) is 5.91 Å².